The number of aryl methyl sites for hydroxylation is 2. The number of amides is 1. The lowest BCUT2D eigenvalue weighted by Gasteiger charge is -2.10. The van der Waals surface area contributed by atoms with Crippen molar-refractivity contribution in [2.75, 3.05) is 12.4 Å². The second kappa shape index (κ2) is 8.08. The highest BCUT2D eigenvalue weighted by Gasteiger charge is 2.19. The van der Waals surface area contributed by atoms with E-state index in [4.69, 9.17) is 4.74 Å². The van der Waals surface area contributed by atoms with Gasteiger partial charge in [0.15, 0.2) is 0 Å². The number of ether oxygens (including phenoxy) is 1. The van der Waals surface area contributed by atoms with Crippen molar-refractivity contribution in [3.8, 4) is 0 Å². The standard InChI is InChI=1S/C20H23N5O3/c1-5-24-17(10-11-21-24)19(26)22-18-13(2)23-25(14(18)3)12-15-8-6-7-9-16(15)20(27)28-4/h6-11H,5,12H2,1-4H3,(H,22,26). The van der Waals surface area contributed by atoms with E-state index in [9.17, 15) is 9.59 Å². The molecule has 146 valence electrons. The number of methoxy groups -OCH3 is 1. The van der Waals surface area contributed by atoms with Gasteiger partial charge in [-0.25, -0.2) is 4.79 Å². The van der Waals surface area contributed by atoms with Crippen LogP contribution in [0, 0.1) is 13.8 Å². The van der Waals surface area contributed by atoms with Crippen molar-refractivity contribution in [2.45, 2.75) is 33.9 Å². The van der Waals surface area contributed by atoms with E-state index in [-0.39, 0.29) is 5.91 Å². The summed E-state index contributed by atoms with van der Waals surface area (Å²) in [5.41, 5.74) is 3.93. The first-order valence-electron chi connectivity index (χ1n) is 8.99. The van der Waals surface area contributed by atoms with Gasteiger partial charge in [-0.15, -0.1) is 0 Å². The molecule has 1 N–H and O–H groups in total. The molecule has 0 bridgehead atoms. The maximum atomic E-state index is 12.6. The smallest absolute Gasteiger partial charge is 0.338 e. The second-order valence-electron chi connectivity index (χ2n) is 6.34. The van der Waals surface area contributed by atoms with Gasteiger partial charge in [0, 0.05) is 12.7 Å². The van der Waals surface area contributed by atoms with Gasteiger partial charge in [-0.05, 0) is 38.5 Å². The second-order valence-corrected chi connectivity index (χ2v) is 6.34. The molecule has 0 aliphatic rings. The zero-order valence-electron chi connectivity index (χ0n) is 16.4. The van der Waals surface area contributed by atoms with Crippen LogP contribution in [0.25, 0.3) is 0 Å². The van der Waals surface area contributed by atoms with Crippen molar-refractivity contribution in [1.82, 2.24) is 19.6 Å². The lowest BCUT2D eigenvalue weighted by molar-refractivity contribution is 0.0599. The number of esters is 1. The average Bonchev–Trinajstić information content (AvgIpc) is 3.28. The fourth-order valence-electron chi connectivity index (χ4n) is 3.12. The van der Waals surface area contributed by atoms with E-state index in [1.807, 2.05) is 32.9 Å². The van der Waals surface area contributed by atoms with Gasteiger partial charge < -0.3 is 10.1 Å². The quantitative estimate of drug-likeness (QED) is 0.663. The molecule has 1 amide bonds. The number of hydrogen-bond donors (Lipinski definition) is 1. The Morgan fingerprint density at radius 2 is 1.89 bits per heavy atom. The summed E-state index contributed by atoms with van der Waals surface area (Å²) in [6.45, 7) is 6.64. The molecule has 3 rings (SSSR count). The highest BCUT2D eigenvalue weighted by molar-refractivity contribution is 6.03. The third-order valence-electron chi connectivity index (χ3n) is 4.61. The average molecular weight is 381 g/mol. The third-order valence-corrected chi connectivity index (χ3v) is 4.61. The fourth-order valence-corrected chi connectivity index (χ4v) is 3.12. The molecule has 8 heteroatoms. The largest absolute Gasteiger partial charge is 0.465 e. The first kappa shape index (κ1) is 19.3. The summed E-state index contributed by atoms with van der Waals surface area (Å²) in [4.78, 5) is 24.6. The first-order chi connectivity index (χ1) is 13.5. The number of rotatable bonds is 6. The molecule has 28 heavy (non-hydrogen) atoms. The number of aromatic nitrogens is 4. The SMILES string of the molecule is CCn1nccc1C(=O)Nc1c(C)nn(Cc2ccccc2C(=O)OC)c1C. The van der Waals surface area contributed by atoms with Crippen LogP contribution in [0.3, 0.4) is 0 Å². The van der Waals surface area contributed by atoms with E-state index in [0.29, 0.717) is 35.7 Å². The van der Waals surface area contributed by atoms with Crippen LogP contribution in [-0.2, 0) is 17.8 Å². The van der Waals surface area contributed by atoms with Crippen molar-refractivity contribution in [1.29, 1.82) is 0 Å². The molecule has 0 aliphatic heterocycles. The molecule has 2 heterocycles. The van der Waals surface area contributed by atoms with Crippen LogP contribution in [0.15, 0.2) is 36.5 Å². The Morgan fingerprint density at radius 1 is 1.14 bits per heavy atom. The van der Waals surface area contributed by atoms with Crippen LogP contribution in [0.5, 0.6) is 0 Å². The molecule has 0 aliphatic carbocycles. The molecule has 8 nitrogen and oxygen atoms in total. The number of carbonyl (C=O) groups is 2. The third kappa shape index (κ3) is 3.66. The molecule has 0 saturated heterocycles. The molecule has 0 spiro atoms. The van der Waals surface area contributed by atoms with Gasteiger partial charge in [-0.1, -0.05) is 18.2 Å². The monoisotopic (exact) mass is 381 g/mol. The Kier molecular flexibility index (Phi) is 5.58. The molecular weight excluding hydrogens is 358 g/mol. The molecule has 0 radical (unpaired) electrons. The summed E-state index contributed by atoms with van der Waals surface area (Å²) in [5.74, 6) is -0.626. The molecule has 0 saturated carbocycles. The van der Waals surface area contributed by atoms with Crippen LogP contribution in [0.1, 0.15) is 44.7 Å². The van der Waals surface area contributed by atoms with E-state index in [2.05, 4.69) is 15.5 Å². The predicted molar refractivity (Wildman–Crippen MR) is 104 cm³/mol. The van der Waals surface area contributed by atoms with Gasteiger partial charge in [0.05, 0.1) is 36.3 Å². The fraction of sp³-hybridized carbons (Fsp3) is 0.300. The van der Waals surface area contributed by atoms with Crippen molar-refractivity contribution in [3.63, 3.8) is 0 Å². The summed E-state index contributed by atoms with van der Waals surface area (Å²) in [5, 5.41) is 11.6. The minimum Gasteiger partial charge on any atom is -0.465 e. The Bertz CT molecular complexity index is 1020. The van der Waals surface area contributed by atoms with Crippen LogP contribution in [0.2, 0.25) is 0 Å². The topological polar surface area (TPSA) is 91.0 Å². The van der Waals surface area contributed by atoms with Crippen LogP contribution < -0.4 is 5.32 Å². The first-order valence-corrected chi connectivity index (χ1v) is 8.99. The van der Waals surface area contributed by atoms with Gasteiger partial charge in [-0.2, -0.15) is 10.2 Å². The number of nitrogens with one attached hydrogen (secondary N) is 1. The lowest BCUT2D eigenvalue weighted by Crippen LogP contribution is -2.18. The molecule has 0 fully saturated rings. The van der Waals surface area contributed by atoms with Crippen molar-refractivity contribution in [3.05, 3.63) is 64.7 Å². The van der Waals surface area contributed by atoms with Crippen molar-refractivity contribution in [2.24, 2.45) is 0 Å². The van der Waals surface area contributed by atoms with Crippen LogP contribution in [-0.4, -0.2) is 38.5 Å². The predicted octanol–water partition coefficient (Wildman–Crippen LogP) is 2.80. The summed E-state index contributed by atoms with van der Waals surface area (Å²) in [7, 11) is 1.36. The summed E-state index contributed by atoms with van der Waals surface area (Å²) < 4.78 is 8.26. The van der Waals surface area contributed by atoms with E-state index in [1.54, 1.807) is 33.8 Å². The normalized spacial score (nSPS) is 10.7. The number of carbonyl (C=O) groups excluding carboxylic acids is 2. The van der Waals surface area contributed by atoms with Gasteiger partial charge >= 0.3 is 5.97 Å². The highest BCUT2D eigenvalue weighted by Crippen LogP contribution is 2.22. The summed E-state index contributed by atoms with van der Waals surface area (Å²) in [6, 6.07) is 8.92. The maximum absolute atomic E-state index is 12.6. The van der Waals surface area contributed by atoms with E-state index >= 15 is 0 Å². The molecule has 3 aromatic rings. The Morgan fingerprint density at radius 3 is 2.61 bits per heavy atom. The van der Waals surface area contributed by atoms with Gasteiger partial charge in [0.2, 0.25) is 0 Å². The molecule has 0 atom stereocenters. The lowest BCUT2D eigenvalue weighted by atomic mass is 10.1. The summed E-state index contributed by atoms with van der Waals surface area (Å²) in [6.07, 6.45) is 1.60. The van der Waals surface area contributed by atoms with E-state index in [0.717, 1.165) is 11.3 Å². The number of hydrogen-bond acceptors (Lipinski definition) is 5. The molecule has 0 unspecified atom stereocenters. The zero-order chi connectivity index (χ0) is 20.3. The Balaban J connectivity index is 1.87. The van der Waals surface area contributed by atoms with Crippen molar-refractivity contribution < 1.29 is 14.3 Å². The van der Waals surface area contributed by atoms with Crippen molar-refractivity contribution >= 4 is 17.6 Å². The highest BCUT2D eigenvalue weighted by atomic mass is 16.5. The summed E-state index contributed by atoms with van der Waals surface area (Å²) >= 11 is 0. The van der Waals surface area contributed by atoms with E-state index in [1.165, 1.54) is 7.11 Å². The minimum atomic E-state index is -0.390. The van der Waals surface area contributed by atoms with Gasteiger partial charge in [-0.3, -0.25) is 14.2 Å². The Hall–Kier alpha value is -3.42. The number of anilines is 1. The molecule has 2 aromatic heterocycles. The van der Waals surface area contributed by atoms with Gasteiger partial charge in [0.25, 0.3) is 5.91 Å². The zero-order valence-corrected chi connectivity index (χ0v) is 16.4. The minimum absolute atomic E-state index is 0.236. The maximum Gasteiger partial charge on any atom is 0.338 e. The van der Waals surface area contributed by atoms with Crippen LogP contribution in [0.4, 0.5) is 5.69 Å². The molecular formula is C20H23N5O3. The Labute approximate surface area is 163 Å². The van der Waals surface area contributed by atoms with Crippen LogP contribution >= 0.6 is 0 Å². The number of nitrogens with zero attached hydrogens (tertiary/aromatic N) is 4. The van der Waals surface area contributed by atoms with Gasteiger partial charge in [0.1, 0.15) is 5.69 Å². The van der Waals surface area contributed by atoms with E-state index < -0.39 is 5.97 Å². The number of benzene rings is 1. The molecule has 1 aromatic carbocycles.